The van der Waals surface area contributed by atoms with Gasteiger partial charge in [0, 0.05) is 25.6 Å². The lowest BCUT2D eigenvalue weighted by Crippen LogP contribution is -2.34. The zero-order valence-electron chi connectivity index (χ0n) is 11.4. The lowest BCUT2D eigenvalue weighted by molar-refractivity contribution is 0.127. The Labute approximate surface area is 118 Å². The van der Waals surface area contributed by atoms with Crippen LogP contribution >= 0.6 is 0 Å². The van der Waals surface area contributed by atoms with Gasteiger partial charge in [-0.3, -0.25) is 0 Å². The molecule has 7 nitrogen and oxygen atoms in total. The average molecular weight is 300 g/mol. The molecule has 0 aromatic carbocycles. The fourth-order valence-corrected chi connectivity index (χ4v) is 3.77. The lowest BCUT2D eigenvalue weighted by atomic mass is 10.3. The third-order valence-electron chi connectivity index (χ3n) is 3.69. The van der Waals surface area contributed by atoms with E-state index in [1.807, 2.05) is 4.57 Å². The van der Waals surface area contributed by atoms with Crippen molar-refractivity contribution in [3.8, 4) is 0 Å². The van der Waals surface area contributed by atoms with Crippen molar-refractivity contribution in [3.05, 3.63) is 12.2 Å². The second-order valence-electron chi connectivity index (χ2n) is 5.47. The minimum absolute atomic E-state index is 0.0602. The molecule has 1 aromatic rings. The first-order valence-electron chi connectivity index (χ1n) is 7.11. The Morgan fingerprint density at radius 3 is 2.95 bits per heavy atom. The predicted octanol–water partition coefficient (Wildman–Crippen LogP) is 0.254. The Balaban J connectivity index is 1.47. The van der Waals surface area contributed by atoms with Gasteiger partial charge in [0.25, 0.3) is 0 Å². The molecule has 1 atom stereocenters. The molecule has 0 unspecified atom stereocenters. The summed E-state index contributed by atoms with van der Waals surface area (Å²) >= 11 is 0. The van der Waals surface area contributed by atoms with Crippen LogP contribution in [-0.4, -0.2) is 48.2 Å². The molecule has 1 saturated carbocycles. The molecular weight excluding hydrogens is 280 g/mol. The van der Waals surface area contributed by atoms with Crippen LogP contribution in [0.4, 0.5) is 0 Å². The molecule has 0 spiro atoms. The monoisotopic (exact) mass is 300 g/mol. The van der Waals surface area contributed by atoms with E-state index in [1.54, 1.807) is 6.33 Å². The molecule has 8 heteroatoms. The van der Waals surface area contributed by atoms with E-state index in [2.05, 4.69) is 14.9 Å². The summed E-state index contributed by atoms with van der Waals surface area (Å²) in [7, 11) is -3.26. The van der Waals surface area contributed by atoms with E-state index in [-0.39, 0.29) is 11.9 Å². The van der Waals surface area contributed by atoms with Gasteiger partial charge < -0.3 is 9.30 Å². The zero-order chi connectivity index (χ0) is 14.0. The van der Waals surface area contributed by atoms with Crippen molar-refractivity contribution in [2.75, 3.05) is 18.9 Å². The highest BCUT2D eigenvalue weighted by atomic mass is 32.2. The molecule has 0 bridgehead atoms. The van der Waals surface area contributed by atoms with Crippen LogP contribution < -0.4 is 4.72 Å². The quantitative estimate of drug-likeness (QED) is 0.780. The van der Waals surface area contributed by atoms with Crippen molar-refractivity contribution in [2.45, 2.75) is 44.2 Å². The summed E-state index contributed by atoms with van der Waals surface area (Å²) in [6, 6.07) is 0. The SMILES string of the molecule is O=S(=O)(C[C@H]1CCCO1)NCCn1cnnc1C1CC1. The van der Waals surface area contributed by atoms with Crippen LogP contribution in [-0.2, 0) is 21.3 Å². The van der Waals surface area contributed by atoms with E-state index in [0.29, 0.717) is 25.6 Å². The first-order valence-corrected chi connectivity index (χ1v) is 8.76. The van der Waals surface area contributed by atoms with Crippen molar-refractivity contribution >= 4 is 10.0 Å². The highest BCUT2D eigenvalue weighted by molar-refractivity contribution is 7.89. The standard InChI is InChI=1S/C12H20N4O3S/c17-20(18,8-11-2-1-7-19-11)14-5-6-16-9-13-15-12(16)10-3-4-10/h9-11,14H,1-8H2/t11-/m1/s1. The second-order valence-corrected chi connectivity index (χ2v) is 7.32. The van der Waals surface area contributed by atoms with Crippen molar-refractivity contribution in [1.29, 1.82) is 0 Å². The number of aromatic nitrogens is 3. The predicted molar refractivity (Wildman–Crippen MR) is 72.8 cm³/mol. The van der Waals surface area contributed by atoms with Crippen LogP contribution in [0.5, 0.6) is 0 Å². The van der Waals surface area contributed by atoms with E-state index in [1.165, 1.54) is 0 Å². The van der Waals surface area contributed by atoms with Gasteiger partial charge in [0.15, 0.2) is 0 Å². The first kappa shape index (κ1) is 14.0. The molecule has 1 saturated heterocycles. The topological polar surface area (TPSA) is 86.1 Å². The summed E-state index contributed by atoms with van der Waals surface area (Å²) in [6.45, 7) is 1.61. The highest BCUT2D eigenvalue weighted by Gasteiger charge is 2.28. The van der Waals surface area contributed by atoms with Crippen LogP contribution in [0.2, 0.25) is 0 Å². The molecule has 2 fully saturated rings. The number of sulfonamides is 1. The number of hydrogen-bond acceptors (Lipinski definition) is 5. The Hall–Kier alpha value is -0.990. The molecule has 0 radical (unpaired) electrons. The number of ether oxygens (including phenoxy) is 1. The maximum Gasteiger partial charge on any atom is 0.214 e. The van der Waals surface area contributed by atoms with E-state index >= 15 is 0 Å². The Bertz CT molecular complexity index is 547. The normalized spacial score (nSPS) is 23.3. The summed E-state index contributed by atoms with van der Waals surface area (Å²) in [5, 5.41) is 7.99. The molecule has 1 aromatic heterocycles. The molecule has 112 valence electrons. The fraction of sp³-hybridized carbons (Fsp3) is 0.833. The third-order valence-corrected chi connectivity index (χ3v) is 5.15. The van der Waals surface area contributed by atoms with E-state index in [9.17, 15) is 8.42 Å². The van der Waals surface area contributed by atoms with Gasteiger partial charge in [0.2, 0.25) is 10.0 Å². The Morgan fingerprint density at radius 2 is 2.25 bits per heavy atom. The van der Waals surface area contributed by atoms with Gasteiger partial charge in [-0.05, 0) is 25.7 Å². The zero-order valence-corrected chi connectivity index (χ0v) is 12.2. The number of nitrogens with one attached hydrogen (secondary N) is 1. The Kier molecular flexibility index (Phi) is 4.04. The summed E-state index contributed by atoms with van der Waals surface area (Å²) in [4.78, 5) is 0. The fourth-order valence-electron chi connectivity index (χ4n) is 2.49. The lowest BCUT2D eigenvalue weighted by Gasteiger charge is -2.12. The van der Waals surface area contributed by atoms with Crippen molar-refractivity contribution in [1.82, 2.24) is 19.5 Å². The molecule has 1 aliphatic carbocycles. The summed E-state index contributed by atoms with van der Waals surface area (Å²) in [6.07, 6.45) is 5.61. The summed E-state index contributed by atoms with van der Waals surface area (Å²) < 4.78 is 33.7. The minimum atomic E-state index is -3.26. The van der Waals surface area contributed by atoms with Gasteiger partial charge >= 0.3 is 0 Å². The van der Waals surface area contributed by atoms with Crippen molar-refractivity contribution in [2.24, 2.45) is 0 Å². The molecule has 0 amide bonds. The van der Waals surface area contributed by atoms with Crippen molar-refractivity contribution in [3.63, 3.8) is 0 Å². The number of hydrogen-bond donors (Lipinski definition) is 1. The maximum atomic E-state index is 11.9. The van der Waals surface area contributed by atoms with Gasteiger partial charge in [-0.15, -0.1) is 10.2 Å². The van der Waals surface area contributed by atoms with E-state index in [4.69, 9.17) is 4.74 Å². The van der Waals surface area contributed by atoms with Crippen LogP contribution in [0.15, 0.2) is 6.33 Å². The van der Waals surface area contributed by atoms with Crippen LogP contribution in [0.3, 0.4) is 0 Å². The van der Waals surface area contributed by atoms with E-state index < -0.39 is 10.0 Å². The van der Waals surface area contributed by atoms with Gasteiger partial charge in [-0.2, -0.15) is 0 Å². The molecular formula is C12H20N4O3S. The van der Waals surface area contributed by atoms with Gasteiger partial charge in [-0.1, -0.05) is 0 Å². The van der Waals surface area contributed by atoms with Crippen molar-refractivity contribution < 1.29 is 13.2 Å². The number of rotatable bonds is 7. The summed E-state index contributed by atoms with van der Waals surface area (Å²) in [5.74, 6) is 1.55. The Morgan fingerprint density at radius 1 is 1.40 bits per heavy atom. The van der Waals surface area contributed by atoms with Gasteiger partial charge in [-0.25, -0.2) is 13.1 Å². The third kappa shape index (κ3) is 3.56. The highest BCUT2D eigenvalue weighted by Crippen LogP contribution is 2.38. The molecule has 1 N–H and O–H groups in total. The van der Waals surface area contributed by atoms with Gasteiger partial charge in [0.05, 0.1) is 11.9 Å². The number of nitrogens with zero attached hydrogens (tertiary/aromatic N) is 3. The minimum Gasteiger partial charge on any atom is -0.377 e. The second kappa shape index (κ2) is 5.79. The smallest absolute Gasteiger partial charge is 0.214 e. The van der Waals surface area contributed by atoms with Crippen LogP contribution in [0.1, 0.15) is 37.4 Å². The maximum absolute atomic E-state index is 11.9. The van der Waals surface area contributed by atoms with Crippen LogP contribution in [0.25, 0.3) is 0 Å². The molecule has 3 rings (SSSR count). The van der Waals surface area contributed by atoms with E-state index in [0.717, 1.165) is 31.5 Å². The molecule has 1 aliphatic heterocycles. The van der Waals surface area contributed by atoms with Gasteiger partial charge in [0.1, 0.15) is 12.2 Å². The van der Waals surface area contributed by atoms with Crippen LogP contribution in [0, 0.1) is 0 Å². The molecule has 2 heterocycles. The molecule has 2 aliphatic rings. The largest absolute Gasteiger partial charge is 0.377 e. The average Bonchev–Trinajstić information content (AvgIpc) is 2.92. The summed E-state index contributed by atoms with van der Waals surface area (Å²) in [5.41, 5.74) is 0. The molecule has 20 heavy (non-hydrogen) atoms. The first-order chi connectivity index (χ1) is 9.64.